The van der Waals surface area contributed by atoms with Gasteiger partial charge in [0.2, 0.25) is 5.91 Å². The number of aromatic nitrogens is 1. The number of nitrogens with one attached hydrogen (secondary N) is 1. The normalized spacial score (nSPS) is 25.9. The highest BCUT2D eigenvalue weighted by Gasteiger charge is 2.47. The first-order valence-corrected chi connectivity index (χ1v) is 9.23. The van der Waals surface area contributed by atoms with Crippen LogP contribution in [0.3, 0.4) is 0 Å². The van der Waals surface area contributed by atoms with Crippen molar-refractivity contribution in [3.05, 3.63) is 36.0 Å². The van der Waals surface area contributed by atoms with E-state index in [9.17, 15) is 14.7 Å². The van der Waals surface area contributed by atoms with Crippen molar-refractivity contribution < 1.29 is 14.7 Å². The number of carboxylic acid groups (broad SMARTS) is 1. The van der Waals surface area contributed by atoms with Crippen LogP contribution in [0.1, 0.15) is 44.1 Å². The lowest BCUT2D eigenvalue weighted by atomic mass is 9.84. The molecule has 132 valence electrons. The molecule has 1 aliphatic heterocycles. The van der Waals surface area contributed by atoms with Crippen LogP contribution < -0.4 is 0 Å². The summed E-state index contributed by atoms with van der Waals surface area (Å²) in [4.78, 5) is 29.4. The van der Waals surface area contributed by atoms with E-state index in [2.05, 4.69) is 11.1 Å². The molecule has 0 bridgehead atoms. The van der Waals surface area contributed by atoms with Crippen LogP contribution in [-0.4, -0.2) is 39.0 Å². The summed E-state index contributed by atoms with van der Waals surface area (Å²) in [6, 6.07) is 7.69. The van der Waals surface area contributed by atoms with E-state index in [1.165, 1.54) is 0 Å². The largest absolute Gasteiger partial charge is 0.480 e. The maximum Gasteiger partial charge on any atom is 0.326 e. The van der Waals surface area contributed by atoms with Crippen LogP contribution in [0.25, 0.3) is 10.9 Å². The van der Waals surface area contributed by atoms with Gasteiger partial charge in [-0.2, -0.15) is 0 Å². The first-order chi connectivity index (χ1) is 12.1. The summed E-state index contributed by atoms with van der Waals surface area (Å²) < 4.78 is 0. The molecule has 0 spiro atoms. The molecule has 5 heteroatoms. The van der Waals surface area contributed by atoms with Crippen molar-refractivity contribution in [2.45, 2.75) is 57.0 Å². The summed E-state index contributed by atoms with van der Waals surface area (Å²) in [5.74, 6) is -0.484. The first kappa shape index (κ1) is 16.2. The molecule has 25 heavy (non-hydrogen) atoms. The Morgan fingerprint density at radius 2 is 2.04 bits per heavy atom. The molecule has 5 nitrogen and oxygen atoms in total. The number of nitrogens with zero attached hydrogens (tertiary/aromatic N) is 1. The number of aryl methyl sites for hydroxylation is 1. The number of rotatable bonds is 4. The fourth-order valence-corrected chi connectivity index (χ4v) is 4.68. The van der Waals surface area contributed by atoms with E-state index in [0.29, 0.717) is 25.2 Å². The number of amides is 1. The molecule has 2 aromatic rings. The number of hydrogen-bond donors (Lipinski definition) is 2. The van der Waals surface area contributed by atoms with Gasteiger partial charge in [-0.15, -0.1) is 0 Å². The molecular formula is C20H24N2O3. The van der Waals surface area contributed by atoms with Gasteiger partial charge >= 0.3 is 5.97 Å². The lowest BCUT2D eigenvalue weighted by molar-refractivity contribution is -0.149. The lowest BCUT2D eigenvalue weighted by Crippen LogP contribution is -2.46. The molecule has 1 aromatic carbocycles. The lowest BCUT2D eigenvalue weighted by Gasteiger charge is -2.33. The Balaban J connectivity index is 1.47. The number of likely N-dealkylation sites (tertiary alicyclic amines) is 1. The van der Waals surface area contributed by atoms with Gasteiger partial charge in [0.15, 0.2) is 0 Å². The molecule has 4 rings (SSSR count). The number of aliphatic carboxylic acids is 1. The average Bonchev–Trinajstić information content (AvgIpc) is 3.23. The summed E-state index contributed by atoms with van der Waals surface area (Å²) >= 11 is 0. The molecule has 1 saturated heterocycles. The third-order valence-corrected chi connectivity index (χ3v) is 5.91. The zero-order chi connectivity index (χ0) is 17.4. The summed E-state index contributed by atoms with van der Waals surface area (Å²) in [6.45, 7) is 0. The van der Waals surface area contributed by atoms with E-state index in [4.69, 9.17) is 0 Å². The summed E-state index contributed by atoms with van der Waals surface area (Å²) in [7, 11) is 0. The van der Waals surface area contributed by atoms with Gasteiger partial charge in [0.05, 0.1) is 0 Å². The minimum atomic E-state index is -0.850. The average molecular weight is 340 g/mol. The summed E-state index contributed by atoms with van der Waals surface area (Å²) in [6.07, 6.45) is 7.83. The summed E-state index contributed by atoms with van der Waals surface area (Å²) in [5, 5.41) is 10.7. The van der Waals surface area contributed by atoms with Crippen molar-refractivity contribution >= 4 is 22.8 Å². The molecule has 1 aliphatic carbocycles. The number of fused-ring (bicyclic) bond motifs is 2. The highest BCUT2D eigenvalue weighted by molar-refractivity contribution is 5.85. The van der Waals surface area contributed by atoms with Crippen LogP contribution in [0.15, 0.2) is 30.5 Å². The van der Waals surface area contributed by atoms with Gasteiger partial charge in [-0.25, -0.2) is 4.79 Å². The van der Waals surface area contributed by atoms with Gasteiger partial charge in [0.1, 0.15) is 6.04 Å². The second-order valence-corrected chi connectivity index (χ2v) is 7.40. The number of carboxylic acids is 1. The molecule has 1 aromatic heterocycles. The number of carbonyl (C=O) groups excluding carboxylic acids is 1. The Morgan fingerprint density at radius 1 is 1.20 bits per heavy atom. The quantitative estimate of drug-likeness (QED) is 0.896. The van der Waals surface area contributed by atoms with Gasteiger partial charge in [-0.05, 0) is 60.7 Å². The SMILES string of the molecule is O=C(O)C1CC2CCCCC2N1C(=O)CCc1ccc2[nH]ccc2c1. The molecule has 2 fully saturated rings. The number of H-pyrrole nitrogens is 1. The third kappa shape index (κ3) is 3.03. The maximum atomic E-state index is 12.9. The second-order valence-electron chi connectivity index (χ2n) is 7.40. The molecule has 3 atom stereocenters. The molecule has 2 heterocycles. The monoisotopic (exact) mass is 340 g/mol. The van der Waals surface area contributed by atoms with Gasteiger partial charge in [0.25, 0.3) is 0 Å². The maximum absolute atomic E-state index is 12.9. The van der Waals surface area contributed by atoms with Crippen LogP contribution in [0.4, 0.5) is 0 Å². The number of aromatic amines is 1. The van der Waals surface area contributed by atoms with Crippen molar-refractivity contribution in [2.75, 3.05) is 0 Å². The fourth-order valence-electron chi connectivity index (χ4n) is 4.68. The highest BCUT2D eigenvalue weighted by atomic mass is 16.4. The minimum absolute atomic E-state index is 0.00374. The van der Waals surface area contributed by atoms with Gasteiger partial charge in [0, 0.05) is 24.2 Å². The van der Waals surface area contributed by atoms with Crippen LogP contribution >= 0.6 is 0 Å². The van der Waals surface area contributed by atoms with Crippen molar-refractivity contribution in [2.24, 2.45) is 5.92 Å². The van der Waals surface area contributed by atoms with Crippen LogP contribution in [-0.2, 0) is 16.0 Å². The van der Waals surface area contributed by atoms with Gasteiger partial charge < -0.3 is 15.0 Å². The first-order valence-electron chi connectivity index (χ1n) is 9.23. The molecule has 1 amide bonds. The van der Waals surface area contributed by atoms with E-state index < -0.39 is 12.0 Å². The topological polar surface area (TPSA) is 73.4 Å². The molecule has 3 unspecified atom stereocenters. The molecule has 1 saturated carbocycles. The van der Waals surface area contributed by atoms with E-state index in [1.807, 2.05) is 24.4 Å². The Kier molecular flexibility index (Phi) is 4.24. The van der Waals surface area contributed by atoms with Crippen molar-refractivity contribution in [1.29, 1.82) is 0 Å². The Bertz CT molecular complexity index is 797. The number of carbonyl (C=O) groups is 2. The summed E-state index contributed by atoms with van der Waals surface area (Å²) in [5.41, 5.74) is 2.21. The number of hydrogen-bond acceptors (Lipinski definition) is 2. The highest BCUT2D eigenvalue weighted by Crippen LogP contribution is 2.40. The third-order valence-electron chi connectivity index (χ3n) is 5.91. The zero-order valence-corrected chi connectivity index (χ0v) is 14.3. The smallest absolute Gasteiger partial charge is 0.326 e. The van der Waals surface area contributed by atoms with E-state index in [-0.39, 0.29) is 11.9 Å². The Labute approximate surface area is 147 Å². The van der Waals surface area contributed by atoms with Crippen molar-refractivity contribution in [1.82, 2.24) is 9.88 Å². The van der Waals surface area contributed by atoms with Crippen molar-refractivity contribution in [3.63, 3.8) is 0 Å². The van der Waals surface area contributed by atoms with E-state index >= 15 is 0 Å². The second kappa shape index (κ2) is 6.54. The molecular weight excluding hydrogens is 316 g/mol. The van der Waals surface area contributed by atoms with Gasteiger partial charge in [-0.1, -0.05) is 18.9 Å². The predicted octanol–water partition coefficient (Wildman–Crippen LogP) is 3.34. The Hall–Kier alpha value is -2.30. The molecule has 2 N–H and O–H groups in total. The van der Waals surface area contributed by atoms with Crippen LogP contribution in [0.2, 0.25) is 0 Å². The van der Waals surface area contributed by atoms with E-state index in [1.54, 1.807) is 4.90 Å². The zero-order valence-electron chi connectivity index (χ0n) is 14.3. The Morgan fingerprint density at radius 3 is 2.88 bits per heavy atom. The molecule has 2 aliphatic rings. The molecule has 0 radical (unpaired) electrons. The van der Waals surface area contributed by atoms with Gasteiger partial charge in [-0.3, -0.25) is 4.79 Å². The van der Waals surface area contributed by atoms with Crippen LogP contribution in [0.5, 0.6) is 0 Å². The van der Waals surface area contributed by atoms with E-state index in [0.717, 1.165) is 42.1 Å². The number of benzene rings is 1. The van der Waals surface area contributed by atoms with Crippen LogP contribution in [0, 0.1) is 5.92 Å². The minimum Gasteiger partial charge on any atom is -0.480 e. The fraction of sp³-hybridized carbons (Fsp3) is 0.500. The standard InChI is InChI=1S/C20H24N2O3/c23-19(8-6-13-5-7-16-14(11-13)9-10-21-16)22-17-4-2-1-3-15(17)12-18(22)20(24)25/h5,7,9-11,15,17-18,21H,1-4,6,8,12H2,(H,24,25). The predicted molar refractivity (Wildman–Crippen MR) is 95.3 cm³/mol. The van der Waals surface area contributed by atoms with Crippen molar-refractivity contribution in [3.8, 4) is 0 Å².